The van der Waals surface area contributed by atoms with E-state index in [1.165, 1.54) is 257 Å². The molecule has 61 heavy (non-hydrogen) atoms. The van der Waals surface area contributed by atoms with Crippen LogP contribution in [-0.2, 0) is 19.1 Å². The summed E-state index contributed by atoms with van der Waals surface area (Å²) in [6.07, 6.45) is 64.9. The Kier molecular flexibility index (Phi) is 51.8. The summed E-state index contributed by atoms with van der Waals surface area (Å²) in [6.45, 7) is 4.17. The summed E-state index contributed by atoms with van der Waals surface area (Å²) in [4.78, 5) is 24.4. The number of carbonyl (C=O) groups is 2. The van der Waals surface area contributed by atoms with Crippen molar-refractivity contribution in [1.29, 1.82) is 0 Å². The number of aliphatic hydroxyl groups is 1. The van der Waals surface area contributed by atoms with Crippen LogP contribution in [0.25, 0.3) is 0 Å². The molecule has 0 aromatic carbocycles. The van der Waals surface area contributed by atoms with Crippen molar-refractivity contribution in [2.75, 3.05) is 13.2 Å². The molecule has 362 valence electrons. The molecule has 0 radical (unpaired) electrons. The number of esters is 2. The molecule has 0 fully saturated rings. The summed E-state index contributed by atoms with van der Waals surface area (Å²) in [7, 11) is 0. The number of hydrogen-bond donors (Lipinski definition) is 1. The molecule has 1 unspecified atom stereocenters. The summed E-state index contributed by atoms with van der Waals surface area (Å²) in [5.74, 6) is -0.571. The fraction of sp³-hybridized carbons (Fsp3) is 0.929. The van der Waals surface area contributed by atoms with Gasteiger partial charge in [0.2, 0.25) is 0 Å². The highest BCUT2D eigenvalue weighted by molar-refractivity contribution is 5.70. The van der Waals surface area contributed by atoms with Crippen molar-refractivity contribution in [3.05, 3.63) is 12.2 Å². The lowest BCUT2D eigenvalue weighted by Crippen LogP contribution is -2.28. The molecule has 0 bridgehead atoms. The zero-order valence-electron chi connectivity index (χ0n) is 41.5. The van der Waals surface area contributed by atoms with Crippen LogP contribution >= 0.6 is 0 Å². The van der Waals surface area contributed by atoms with Crippen LogP contribution in [0.2, 0.25) is 0 Å². The van der Waals surface area contributed by atoms with Gasteiger partial charge in [0.1, 0.15) is 6.61 Å². The third kappa shape index (κ3) is 51.2. The average Bonchev–Trinajstić information content (AvgIpc) is 3.26. The smallest absolute Gasteiger partial charge is 0.306 e. The quantitative estimate of drug-likeness (QED) is 0.0375. The molecule has 0 amide bonds. The Morgan fingerprint density at radius 3 is 0.885 bits per heavy atom. The van der Waals surface area contributed by atoms with E-state index in [2.05, 4.69) is 26.0 Å². The Bertz CT molecular complexity index is 886. The molecule has 1 atom stereocenters. The fourth-order valence-corrected chi connectivity index (χ4v) is 8.61. The maximum atomic E-state index is 12.3. The van der Waals surface area contributed by atoms with E-state index in [9.17, 15) is 14.7 Å². The first-order chi connectivity index (χ1) is 30.1. The maximum Gasteiger partial charge on any atom is 0.306 e. The zero-order chi connectivity index (χ0) is 44.2. The van der Waals surface area contributed by atoms with Crippen molar-refractivity contribution < 1.29 is 24.2 Å². The molecule has 5 nitrogen and oxygen atoms in total. The van der Waals surface area contributed by atoms with E-state index >= 15 is 0 Å². The van der Waals surface area contributed by atoms with Crippen LogP contribution in [0.1, 0.15) is 316 Å². The van der Waals surface area contributed by atoms with Gasteiger partial charge in [-0.15, -0.1) is 0 Å². The minimum absolute atomic E-state index is 0.0576. The number of allylic oxidation sites excluding steroid dienone is 2. The minimum atomic E-state index is -0.764. The summed E-state index contributed by atoms with van der Waals surface area (Å²) in [5, 5.41) is 9.61. The first kappa shape index (κ1) is 59.6. The number of ether oxygens (including phenoxy) is 2. The molecule has 0 saturated heterocycles. The summed E-state index contributed by atoms with van der Waals surface area (Å²) < 4.78 is 10.7. The topological polar surface area (TPSA) is 72.8 Å². The Morgan fingerprint density at radius 2 is 0.607 bits per heavy atom. The lowest BCUT2D eigenvalue weighted by molar-refractivity contribution is -0.161. The van der Waals surface area contributed by atoms with Gasteiger partial charge >= 0.3 is 11.9 Å². The van der Waals surface area contributed by atoms with Gasteiger partial charge in [-0.1, -0.05) is 276 Å². The van der Waals surface area contributed by atoms with E-state index in [4.69, 9.17) is 9.47 Å². The van der Waals surface area contributed by atoms with Gasteiger partial charge in [0.25, 0.3) is 0 Å². The van der Waals surface area contributed by atoms with Gasteiger partial charge in [0.15, 0.2) is 6.10 Å². The predicted molar refractivity (Wildman–Crippen MR) is 265 cm³/mol. The number of hydrogen-bond acceptors (Lipinski definition) is 5. The molecule has 1 N–H and O–H groups in total. The second-order valence-corrected chi connectivity index (χ2v) is 19.0. The number of aliphatic hydroxyl groups excluding tert-OH is 1. The third-order valence-corrected chi connectivity index (χ3v) is 12.8. The van der Waals surface area contributed by atoms with E-state index in [0.29, 0.717) is 12.8 Å². The lowest BCUT2D eigenvalue weighted by Gasteiger charge is -2.15. The van der Waals surface area contributed by atoms with Crippen LogP contribution in [-0.4, -0.2) is 36.4 Å². The van der Waals surface area contributed by atoms with Crippen molar-refractivity contribution in [2.45, 2.75) is 322 Å². The average molecular weight is 861 g/mol. The predicted octanol–water partition coefficient (Wildman–Crippen LogP) is 18.4. The van der Waals surface area contributed by atoms with Crippen LogP contribution in [0, 0.1) is 0 Å². The lowest BCUT2D eigenvalue weighted by atomic mass is 10.0. The van der Waals surface area contributed by atoms with Gasteiger partial charge in [-0.2, -0.15) is 0 Å². The van der Waals surface area contributed by atoms with Crippen molar-refractivity contribution in [1.82, 2.24) is 0 Å². The zero-order valence-corrected chi connectivity index (χ0v) is 41.5. The van der Waals surface area contributed by atoms with Crippen LogP contribution in [0.15, 0.2) is 12.2 Å². The second kappa shape index (κ2) is 53.0. The number of unbranched alkanes of at least 4 members (excludes halogenated alkanes) is 42. The van der Waals surface area contributed by atoms with E-state index < -0.39 is 6.10 Å². The van der Waals surface area contributed by atoms with Crippen molar-refractivity contribution >= 4 is 11.9 Å². The van der Waals surface area contributed by atoms with E-state index in [1.807, 2.05) is 0 Å². The molecule has 0 saturated carbocycles. The Balaban J connectivity index is 3.35. The highest BCUT2D eigenvalue weighted by atomic mass is 16.6. The summed E-state index contributed by atoms with van der Waals surface area (Å²) in [5.41, 5.74) is 0. The third-order valence-electron chi connectivity index (χ3n) is 12.8. The molecule has 5 heteroatoms. The van der Waals surface area contributed by atoms with Crippen LogP contribution in [0.3, 0.4) is 0 Å². The molecule has 0 heterocycles. The first-order valence-electron chi connectivity index (χ1n) is 27.7. The van der Waals surface area contributed by atoms with Gasteiger partial charge < -0.3 is 14.6 Å². The van der Waals surface area contributed by atoms with Crippen LogP contribution < -0.4 is 0 Å². The summed E-state index contributed by atoms with van der Waals surface area (Å²) in [6, 6.07) is 0. The normalized spacial score (nSPS) is 12.1. The minimum Gasteiger partial charge on any atom is -0.462 e. The first-order valence-corrected chi connectivity index (χ1v) is 27.7. The number of carbonyl (C=O) groups excluding carboxylic acids is 2. The Labute approximate surface area is 381 Å². The van der Waals surface area contributed by atoms with Gasteiger partial charge in [0.05, 0.1) is 6.61 Å². The molecule has 0 aliphatic heterocycles. The molecule has 0 aromatic heterocycles. The SMILES string of the molecule is CCCCCCCCCC/C=C\CCCCCCCCCCCCCCCCCCCCCCCCCC(=O)OC(CO)COC(=O)CCCCCCCCCCCCCC. The summed E-state index contributed by atoms with van der Waals surface area (Å²) >= 11 is 0. The van der Waals surface area contributed by atoms with Crippen molar-refractivity contribution in [3.63, 3.8) is 0 Å². The highest BCUT2D eigenvalue weighted by Crippen LogP contribution is 2.17. The molecule has 0 aliphatic rings. The number of rotatable bonds is 52. The van der Waals surface area contributed by atoms with Gasteiger partial charge in [-0.25, -0.2) is 0 Å². The Hall–Kier alpha value is -1.36. The monoisotopic (exact) mass is 861 g/mol. The molecular formula is C56H108O5. The van der Waals surface area contributed by atoms with E-state index in [1.54, 1.807) is 0 Å². The van der Waals surface area contributed by atoms with Crippen molar-refractivity contribution in [3.8, 4) is 0 Å². The van der Waals surface area contributed by atoms with E-state index in [-0.39, 0.29) is 25.2 Å². The second-order valence-electron chi connectivity index (χ2n) is 19.0. The molecular weight excluding hydrogens is 753 g/mol. The largest absolute Gasteiger partial charge is 0.462 e. The van der Waals surface area contributed by atoms with E-state index in [0.717, 1.165) is 32.1 Å². The molecule has 0 spiro atoms. The van der Waals surface area contributed by atoms with Crippen molar-refractivity contribution in [2.24, 2.45) is 0 Å². The Morgan fingerprint density at radius 1 is 0.361 bits per heavy atom. The molecule has 0 aliphatic carbocycles. The van der Waals surface area contributed by atoms with Gasteiger partial charge in [-0.05, 0) is 38.5 Å². The van der Waals surface area contributed by atoms with Crippen LogP contribution in [0.5, 0.6) is 0 Å². The molecule has 0 rings (SSSR count). The van der Waals surface area contributed by atoms with Gasteiger partial charge in [-0.3, -0.25) is 9.59 Å². The maximum absolute atomic E-state index is 12.3. The molecule has 0 aromatic rings. The standard InChI is InChI=1S/C56H108O5/c1-3-5-7-9-11-13-15-17-18-19-20-21-22-23-24-25-26-27-28-29-30-31-32-33-34-35-36-37-38-39-41-43-45-47-49-51-56(59)61-54(52-57)53-60-55(58)50-48-46-44-42-40-16-14-12-10-8-6-4-2/h19-20,54,57H,3-18,21-53H2,1-2H3/b20-19-. The highest BCUT2D eigenvalue weighted by Gasteiger charge is 2.16. The van der Waals surface area contributed by atoms with Gasteiger partial charge in [0, 0.05) is 12.8 Å². The van der Waals surface area contributed by atoms with Crippen LogP contribution in [0.4, 0.5) is 0 Å². The fourth-order valence-electron chi connectivity index (χ4n) is 8.61.